The van der Waals surface area contributed by atoms with Crippen molar-refractivity contribution in [3.63, 3.8) is 0 Å². The average Bonchev–Trinajstić information content (AvgIpc) is 2.18. The summed E-state index contributed by atoms with van der Waals surface area (Å²) in [6, 6.07) is 0. The Hall–Kier alpha value is -0.690. The van der Waals surface area contributed by atoms with Gasteiger partial charge in [-0.1, -0.05) is 6.92 Å². The van der Waals surface area contributed by atoms with Crippen LogP contribution in [0.3, 0.4) is 0 Å². The van der Waals surface area contributed by atoms with E-state index in [1.54, 1.807) is 13.8 Å². The van der Waals surface area contributed by atoms with Gasteiger partial charge >= 0.3 is 5.97 Å². The van der Waals surface area contributed by atoms with Crippen LogP contribution in [-0.4, -0.2) is 52.5 Å². The Bertz CT molecular complexity index is 231. The second kappa shape index (κ2) is 4.89. The van der Waals surface area contributed by atoms with E-state index >= 15 is 0 Å². The summed E-state index contributed by atoms with van der Waals surface area (Å²) in [7, 11) is 0. The van der Waals surface area contributed by atoms with Crippen LogP contribution in [0, 0.1) is 5.92 Å². The SMILES string of the molecule is CCO[C@@H]1O[C@H](C(=O)O)[C@@H](O)[C@H](O)[C@H]1C. The predicted octanol–water partition coefficient (Wildman–Crippen LogP) is -0.810. The zero-order chi connectivity index (χ0) is 11.6. The van der Waals surface area contributed by atoms with Gasteiger partial charge in [0.15, 0.2) is 12.4 Å². The molecule has 6 nitrogen and oxygen atoms in total. The topological polar surface area (TPSA) is 96.2 Å². The van der Waals surface area contributed by atoms with E-state index < -0.39 is 36.5 Å². The number of rotatable bonds is 3. The number of aliphatic carboxylic acids is 1. The van der Waals surface area contributed by atoms with E-state index in [4.69, 9.17) is 14.6 Å². The van der Waals surface area contributed by atoms with Crippen molar-refractivity contribution in [3.05, 3.63) is 0 Å². The van der Waals surface area contributed by atoms with E-state index in [9.17, 15) is 15.0 Å². The van der Waals surface area contributed by atoms with Crippen LogP contribution >= 0.6 is 0 Å². The molecule has 0 aromatic rings. The molecule has 0 aliphatic carbocycles. The normalized spacial score (nSPS) is 41.5. The Kier molecular flexibility index (Phi) is 4.04. The van der Waals surface area contributed by atoms with Crippen molar-refractivity contribution >= 4 is 5.97 Å². The van der Waals surface area contributed by atoms with Gasteiger partial charge in [0.2, 0.25) is 0 Å². The zero-order valence-electron chi connectivity index (χ0n) is 8.66. The Balaban J connectivity index is 2.75. The maximum atomic E-state index is 10.7. The third kappa shape index (κ3) is 2.46. The van der Waals surface area contributed by atoms with Gasteiger partial charge in [-0.25, -0.2) is 4.79 Å². The van der Waals surface area contributed by atoms with E-state index in [2.05, 4.69) is 0 Å². The minimum atomic E-state index is -1.44. The highest BCUT2D eigenvalue weighted by molar-refractivity contribution is 5.73. The molecule has 0 bridgehead atoms. The van der Waals surface area contributed by atoms with Gasteiger partial charge in [0.1, 0.15) is 6.10 Å². The van der Waals surface area contributed by atoms with Gasteiger partial charge in [0.25, 0.3) is 0 Å². The highest BCUT2D eigenvalue weighted by atomic mass is 16.7. The number of aliphatic hydroxyl groups excluding tert-OH is 2. The van der Waals surface area contributed by atoms with Crippen molar-refractivity contribution in [1.29, 1.82) is 0 Å². The van der Waals surface area contributed by atoms with E-state index in [-0.39, 0.29) is 0 Å². The molecule has 1 saturated heterocycles. The number of carboxylic acid groups (broad SMARTS) is 1. The molecule has 88 valence electrons. The summed E-state index contributed by atoms with van der Waals surface area (Å²) >= 11 is 0. The number of aliphatic hydroxyl groups is 2. The van der Waals surface area contributed by atoms with Crippen LogP contribution in [0.25, 0.3) is 0 Å². The van der Waals surface area contributed by atoms with Crippen molar-refractivity contribution in [1.82, 2.24) is 0 Å². The second-order valence-corrected chi connectivity index (χ2v) is 3.56. The minimum Gasteiger partial charge on any atom is -0.479 e. The molecule has 3 N–H and O–H groups in total. The first-order valence-electron chi connectivity index (χ1n) is 4.85. The van der Waals surface area contributed by atoms with Gasteiger partial charge < -0.3 is 24.8 Å². The molecule has 1 aliphatic heterocycles. The maximum absolute atomic E-state index is 10.7. The molecule has 1 aliphatic rings. The Morgan fingerprint density at radius 2 is 2.00 bits per heavy atom. The van der Waals surface area contributed by atoms with Crippen LogP contribution < -0.4 is 0 Å². The minimum absolute atomic E-state index is 0.351. The monoisotopic (exact) mass is 220 g/mol. The van der Waals surface area contributed by atoms with E-state index in [0.29, 0.717) is 6.61 Å². The molecule has 0 amide bonds. The fraction of sp³-hybridized carbons (Fsp3) is 0.889. The first-order valence-corrected chi connectivity index (χ1v) is 4.85. The third-order valence-electron chi connectivity index (χ3n) is 2.48. The number of hydrogen-bond donors (Lipinski definition) is 3. The smallest absolute Gasteiger partial charge is 0.335 e. The third-order valence-corrected chi connectivity index (χ3v) is 2.48. The van der Waals surface area contributed by atoms with Gasteiger partial charge in [-0.3, -0.25) is 0 Å². The summed E-state index contributed by atoms with van der Waals surface area (Å²) in [5, 5.41) is 27.8. The van der Waals surface area contributed by atoms with Crippen LogP contribution in [0.1, 0.15) is 13.8 Å². The summed E-state index contributed by atoms with van der Waals surface area (Å²) < 4.78 is 10.2. The maximum Gasteiger partial charge on any atom is 0.335 e. The molecule has 0 radical (unpaired) electrons. The highest BCUT2D eigenvalue weighted by Gasteiger charge is 2.45. The van der Waals surface area contributed by atoms with Crippen LogP contribution in [-0.2, 0) is 14.3 Å². The summed E-state index contributed by atoms with van der Waals surface area (Å²) in [5.41, 5.74) is 0. The molecule has 0 saturated carbocycles. The van der Waals surface area contributed by atoms with E-state index in [0.717, 1.165) is 0 Å². The molecule has 0 spiro atoms. The summed E-state index contributed by atoms with van der Waals surface area (Å²) in [4.78, 5) is 10.7. The Labute approximate surface area is 87.4 Å². The van der Waals surface area contributed by atoms with Crippen molar-refractivity contribution in [2.24, 2.45) is 5.92 Å². The molecular weight excluding hydrogens is 204 g/mol. The lowest BCUT2D eigenvalue weighted by molar-refractivity contribution is -0.274. The molecule has 1 rings (SSSR count). The fourth-order valence-corrected chi connectivity index (χ4v) is 1.56. The lowest BCUT2D eigenvalue weighted by atomic mass is 9.92. The number of carboxylic acids is 1. The molecule has 15 heavy (non-hydrogen) atoms. The van der Waals surface area contributed by atoms with E-state index in [1.165, 1.54) is 0 Å². The largest absolute Gasteiger partial charge is 0.479 e. The molecular formula is C9H16O6. The van der Waals surface area contributed by atoms with Crippen molar-refractivity contribution in [3.8, 4) is 0 Å². The predicted molar refractivity (Wildman–Crippen MR) is 49.1 cm³/mol. The first-order chi connectivity index (χ1) is 6.99. The highest BCUT2D eigenvalue weighted by Crippen LogP contribution is 2.26. The number of ether oxygens (including phenoxy) is 2. The zero-order valence-corrected chi connectivity index (χ0v) is 8.66. The Morgan fingerprint density at radius 3 is 2.47 bits per heavy atom. The first kappa shape index (κ1) is 12.4. The van der Waals surface area contributed by atoms with Crippen LogP contribution in [0.15, 0.2) is 0 Å². The average molecular weight is 220 g/mol. The van der Waals surface area contributed by atoms with E-state index in [1.807, 2.05) is 0 Å². The van der Waals surface area contributed by atoms with Crippen LogP contribution in [0.4, 0.5) is 0 Å². The molecule has 6 heteroatoms. The lowest BCUT2D eigenvalue weighted by Gasteiger charge is -2.39. The molecule has 0 unspecified atom stereocenters. The van der Waals surface area contributed by atoms with Crippen molar-refractivity contribution in [2.45, 2.75) is 38.4 Å². The van der Waals surface area contributed by atoms with Crippen LogP contribution in [0.2, 0.25) is 0 Å². The number of hydrogen-bond acceptors (Lipinski definition) is 5. The molecule has 0 aromatic carbocycles. The van der Waals surface area contributed by atoms with Gasteiger partial charge in [0, 0.05) is 12.5 Å². The van der Waals surface area contributed by atoms with Gasteiger partial charge in [-0.05, 0) is 6.92 Å². The lowest BCUT2D eigenvalue weighted by Crippen LogP contribution is -2.56. The van der Waals surface area contributed by atoms with Gasteiger partial charge in [0.05, 0.1) is 6.10 Å². The summed E-state index contributed by atoms with van der Waals surface area (Å²) in [6.45, 7) is 3.72. The fourth-order valence-electron chi connectivity index (χ4n) is 1.56. The molecule has 5 atom stereocenters. The van der Waals surface area contributed by atoms with Gasteiger partial charge in [-0.15, -0.1) is 0 Å². The summed E-state index contributed by atoms with van der Waals surface area (Å²) in [5.74, 6) is -1.77. The summed E-state index contributed by atoms with van der Waals surface area (Å²) in [6.07, 6.45) is -4.81. The Morgan fingerprint density at radius 1 is 1.40 bits per heavy atom. The second-order valence-electron chi connectivity index (χ2n) is 3.56. The molecule has 1 fully saturated rings. The number of carbonyl (C=O) groups is 1. The molecule has 1 heterocycles. The standard InChI is InChI=1S/C9H16O6/c1-3-14-9-4(2)5(10)6(11)7(15-9)8(12)13/h4-7,9-11H,3H2,1-2H3,(H,12,13)/t4-,5-,6+,7+,9-/m1/s1. The molecule has 0 aromatic heterocycles. The van der Waals surface area contributed by atoms with Crippen molar-refractivity contribution in [2.75, 3.05) is 6.61 Å². The van der Waals surface area contributed by atoms with Gasteiger partial charge in [-0.2, -0.15) is 0 Å². The van der Waals surface area contributed by atoms with Crippen LogP contribution in [0.5, 0.6) is 0 Å². The van der Waals surface area contributed by atoms with Crippen molar-refractivity contribution < 1.29 is 29.6 Å². The quantitative estimate of drug-likeness (QED) is 0.575.